The molecule has 0 bridgehead atoms. The summed E-state index contributed by atoms with van der Waals surface area (Å²) in [6.45, 7) is 3.01. The Morgan fingerprint density at radius 2 is 1.77 bits per heavy atom. The first kappa shape index (κ1) is 15.1. The molecule has 2 aromatic rings. The minimum atomic E-state index is 0.240. The lowest BCUT2D eigenvalue weighted by molar-refractivity contribution is 0.181. The maximum absolute atomic E-state index is 6.30. The van der Waals surface area contributed by atoms with E-state index in [1.54, 1.807) is 7.11 Å². The van der Waals surface area contributed by atoms with Gasteiger partial charge in [0.2, 0.25) is 0 Å². The van der Waals surface area contributed by atoms with Gasteiger partial charge in [0.05, 0.1) is 7.11 Å². The van der Waals surface area contributed by atoms with E-state index in [9.17, 15) is 0 Å². The molecule has 0 aliphatic carbocycles. The number of hydrogen-bond acceptors (Lipinski definition) is 3. The van der Waals surface area contributed by atoms with Gasteiger partial charge in [-0.3, -0.25) is 4.90 Å². The van der Waals surface area contributed by atoms with Crippen LogP contribution >= 0.6 is 0 Å². The minimum Gasteiger partial charge on any atom is -0.497 e. The molecule has 1 aliphatic heterocycles. The van der Waals surface area contributed by atoms with Crippen LogP contribution in [0.2, 0.25) is 0 Å². The molecule has 2 unspecified atom stereocenters. The number of hydrogen-bond donors (Lipinski definition) is 1. The van der Waals surface area contributed by atoms with Crippen molar-refractivity contribution >= 4 is 0 Å². The van der Waals surface area contributed by atoms with E-state index in [0.717, 1.165) is 31.8 Å². The molecule has 0 radical (unpaired) electrons. The number of nitrogens with two attached hydrogens (primary N) is 1. The van der Waals surface area contributed by atoms with Crippen molar-refractivity contribution in [1.29, 1.82) is 0 Å². The van der Waals surface area contributed by atoms with Gasteiger partial charge >= 0.3 is 0 Å². The minimum absolute atomic E-state index is 0.240. The number of methoxy groups -OCH3 is 1. The molecular formula is C19H24N2O. The fourth-order valence-electron chi connectivity index (χ4n) is 3.32. The van der Waals surface area contributed by atoms with Crippen molar-refractivity contribution in [2.75, 3.05) is 20.2 Å². The molecule has 2 atom stereocenters. The quantitative estimate of drug-likeness (QED) is 0.942. The average molecular weight is 296 g/mol. The Hall–Kier alpha value is -1.84. The smallest absolute Gasteiger partial charge is 0.118 e. The third-order valence-corrected chi connectivity index (χ3v) is 4.39. The topological polar surface area (TPSA) is 38.5 Å². The Kier molecular flexibility index (Phi) is 4.76. The molecule has 3 rings (SSSR count). The number of benzene rings is 2. The second-order valence-electron chi connectivity index (χ2n) is 6.15. The number of likely N-dealkylation sites (tertiary alicyclic amines) is 1. The van der Waals surface area contributed by atoms with Crippen molar-refractivity contribution in [1.82, 2.24) is 4.90 Å². The van der Waals surface area contributed by atoms with E-state index in [1.807, 2.05) is 12.1 Å². The Bertz CT molecular complexity index is 582. The molecule has 22 heavy (non-hydrogen) atoms. The predicted octanol–water partition coefficient (Wildman–Crippen LogP) is 3.01. The Balaban J connectivity index is 1.70. The monoisotopic (exact) mass is 296 g/mol. The van der Waals surface area contributed by atoms with E-state index >= 15 is 0 Å². The lowest BCUT2D eigenvalue weighted by atomic mass is 9.88. The summed E-state index contributed by atoms with van der Waals surface area (Å²) in [5, 5.41) is 0. The Morgan fingerprint density at radius 1 is 1.05 bits per heavy atom. The summed E-state index contributed by atoms with van der Waals surface area (Å²) in [7, 11) is 1.70. The molecule has 116 valence electrons. The molecule has 1 fully saturated rings. The summed E-state index contributed by atoms with van der Waals surface area (Å²) in [6.07, 6.45) is 1.05. The summed E-state index contributed by atoms with van der Waals surface area (Å²) in [4.78, 5) is 2.47. The van der Waals surface area contributed by atoms with Crippen LogP contribution in [0.15, 0.2) is 54.6 Å². The van der Waals surface area contributed by atoms with Crippen LogP contribution in [0, 0.1) is 0 Å². The van der Waals surface area contributed by atoms with Crippen LogP contribution in [0.5, 0.6) is 5.75 Å². The lowest BCUT2D eigenvalue weighted by Gasteiger charge is -2.36. The molecule has 1 aliphatic rings. The van der Waals surface area contributed by atoms with Crippen molar-refractivity contribution in [2.24, 2.45) is 5.73 Å². The molecule has 1 saturated heterocycles. The van der Waals surface area contributed by atoms with Gasteiger partial charge in [0.15, 0.2) is 0 Å². The van der Waals surface area contributed by atoms with Crippen LogP contribution in [0.25, 0.3) is 0 Å². The standard InChI is InChI=1S/C19H24N2O/c1-22-19-9-7-16(8-10-19)17-11-18(20)14-21(13-17)12-15-5-3-2-4-6-15/h2-10,17-18H,11-14,20H2,1H3. The number of nitrogens with zero attached hydrogens (tertiary/aromatic N) is 1. The first-order chi connectivity index (χ1) is 10.7. The number of rotatable bonds is 4. The van der Waals surface area contributed by atoms with Crippen LogP contribution in [0.3, 0.4) is 0 Å². The highest BCUT2D eigenvalue weighted by molar-refractivity contribution is 5.30. The van der Waals surface area contributed by atoms with Gasteiger partial charge in [0, 0.05) is 25.7 Å². The fourth-order valence-corrected chi connectivity index (χ4v) is 3.32. The molecule has 3 heteroatoms. The summed E-state index contributed by atoms with van der Waals surface area (Å²) in [5.41, 5.74) is 9.00. The van der Waals surface area contributed by atoms with Crippen molar-refractivity contribution in [2.45, 2.75) is 24.9 Å². The molecule has 1 heterocycles. The van der Waals surface area contributed by atoms with E-state index in [1.165, 1.54) is 11.1 Å². The summed E-state index contributed by atoms with van der Waals surface area (Å²) in [5.74, 6) is 1.41. The molecular weight excluding hydrogens is 272 g/mol. The molecule has 0 amide bonds. The molecule has 2 N–H and O–H groups in total. The summed E-state index contributed by atoms with van der Waals surface area (Å²) < 4.78 is 5.24. The van der Waals surface area contributed by atoms with E-state index < -0.39 is 0 Å². The SMILES string of the molecule is COc1ccc(C2CC(N)CN(Cc3ccccc3)C2)cc1. The number of piperidine rings is 1. The van der Waals surface area contributed by atoms with E-state index in [0.29, 0.717) is 5.92 Å². The van der Waals surface area contributed by atoms with Crippen molar-refractivity contribution < 1.29 is 4.74 Å². The molecule has 2 aromatic carbocycles. The largest absolute Gasteiger partial charge is 0.497 e. The van der Waals surface area contributed by atoms with E-state index in [-0.39, 0.29) is 6.04 Å². The molecule has 0 saturated carbocycles. The van der Waals surface area contributed by atoms with Crippen molar-refractivity contribution in [3.63, 3.8) is 0 Å². The second-order valence-corrected chi connectivity index (χ2v) is 6.15. The van der Waals surface area contributed by atoms with Gasteiger partial charge in [-0.05, 0) is 35.6 Å². The molecule has 3 nitrogen and oxygen atoms in total. The van der Waals surface area contributed by atoms with Crippen molar-refractivity contribution in [3.8, 4) is 5.75 Å². The average Bonchev–Trinajstić information content (AvgIpc) is 2.55. The molecule has 0 spiro atoms. The first-order valence-electron chi connectivity index (χ1n) is 7.90. The van der Waals surface area contributed by atoms with Gasteiger partial charge in [-0.1, -0.05) is 42.5 Å². The highest BCUT2D eigenvalue weighted by atomic mass is 16.5. The van der Waals surface area contributed by atoms with Crippen LogP contribution in [0.4, 0.5) is 0 Å². The van der Waals surface area contributed by atoms with Crippen LogP contribution in [-0.2, 0) is 6.54 Å². The highest BCUT2D eigenvalue weighted by Gasteiger charge is 2.26. The zero-order valence-corrected chi connectivity index (χ0v) is 13.1. The molecule has 0 aromatic heterocycles. The Morgan fingerprint density at radius 3 is 2.45 bits per heavy atom. The van der Waals surface area contributed by atoms with Gasteiger partial charge in [-0.25, -0.2) is 0 Å². The van der Waals surface area contributed by atoms with Crippen LogP contribution in [0.1, 0.15) is 23.5 Å². The first-order valence-corrected chi connectivity index (χ1v) is 7.90. The summed E-state index contributed by atoms with van der Waals surface area (Å²) >= 11 is 0. The van der Waals surface area contributed by atoms with Gasteiger partial charge in [-0.15, -0.1) is 0 Å². The van der Waals surface area contributed by atoms with Crippen LogP contribution < -0.4 is 10.5 Å². The number of ether oxygens (including phenoxy) is 1. The van der Waals surface area contributed by atoms with Gasteiger partial charge < -0.3 is 10.5 Å². The normalized spacial score (nSPS) is 22.5. The third kappa shape index (κ3) is 3.67. The maximum atomic E-state index is 6.30. The third-order valence-electron chi connectivity index (χ3n) is 4.39. The zero-order valence-electron chi connectivity index (χ0n) is 13.1. The van der Waals surface area contributed by atoms with Gasteiger partial charge in [0.25, 0.3) is 0 Å². The lowest BCUT2D eigenvalue weighted by Crippen LogP contribution is -2.45. The van der Waals surface area contributed by atoms with E-state index in [4.69, 9.17) is 10.5 Å². The second kappa shape index (κ2) is 6.95. The zero-order chi connectivity index (χ0) is 15.4. The van der Waals surface area contributed by atoms with Gasteiger partial charge in [-0.2, -0.15) is 0 Å². The Labute approximate surface area is 132 Å². The highest BCUT2D eigenvalue weighted by Crippen LogP contribution is 2.28. The van der Waals surface area contributed by atoms with Gasteiger partial charge in [0.1, 0.15) is 5.75 Å². The fraction of sp³-hybridized carbons (Fsp3) is 0.368. The van der Waals surface area contributed by atoms with E-state index in [2.05, 4.69) is 47.4 Å². The van der Waals surface area contributed by atoms with Crippen LogP contribution in [-0.4, -0.2) is 31.1 Å². The maximum Gasteiger partial charge on any atom is 0.118 e. The predicted molar refractivity (Wildman–Crippen MR) is 90.0 cm³/mol. The van der Waals surface area contributed by atoms with Crippen molar-refractivity contribution in [3.05, 3.63) is 65.7 Å². The summed E-state index contributed by atoms with van der Waals surface area (Å²) in [6, 6.07) is 19.3.